The van der Waals surface area contributed by atoms with Gasteiger partial charge in [0.1, 0.15) is 11.6 Å². The first-order valence-corrected chi connectivity index (χ1v) is 12.1. The Kier molecular flexibility index (Phi) is 5.35. The molecule has 0 spiro atoms. The molecule has 2 aromatic carbocycles. The lowest BCUT2D eigenvalue weighted by Crippen LogP contribution is -2.45. The van der Waals surface area contributed by atoms with E-state index in [2.05, 4.69) is 15.3 Å². The average molecular weight is 479 g/mol. The number of aromatic nitrogens is 2. The Morgan fingerprint density at radius 3 is 2.94 bits per heavy atom. The molecular formula is C26H27FN4O4. The zero-order valence-electron chi connectivity index (χ0n) is 19.3. The van der Waals surface area contributed by atoms with E-state index in [4.69, 9.17) is 9.47 Å². The average Bonchev–Trinajstić information content (AvgIpc) is 3.63. The molecule has 4 heterocycles. The molecule has 0 aliphatic carbocycles. The number of halogens is 1. The lowest BCUT2D eigenvalue weighted by molar-refractivity contribution is -0.133. The van der Waals surface area contributed by atoms with Crippen LogP contribution in [-0.2, 0) is 16.0 Å². The number of rotatable bonds is 6. The lowest BCUT2D eigenvalue weighted by atomic mass is 9.84. The predicted octanol–water partition coefficient (Wildman–Crippen LogP) is 3.77. The Bertz CT molecular complexity index is 1310. The van der Waals surface area contributed by atoms with Gasteiger partial charge < -0.3 is 24.7 Å². The molecule has 0 bridgehead atoms. The summed E-state index contributed by atoms with van der Waals surface area (Å²) >= 11 is 0. The van der Waals surface area contributed by atoms with Crippen LogP contribution in [0.3, 0.4) is 0 Å². The van der Waals surface area contributed by atoms with E-state index in [9.17, 15) is 14.0 Å². The van der Waals surface area contributed by atoms with Crippen LogP contribution in [0.15, 0.2) is 36.4 Å². The van der Waals surface area contributed by atoms with Gasteiger partial charge >= 0.3 is 0 Å². The number of fused-ring (bicyclic) bond motifs is 2. The predicted molar refractivity (Wildman–Crippen MR) is 125 cm³/mol. The van der Waals surface area contributed by atoms with Gasteiger partial charge in [0.2, 0.25) is 18.6 Å². The Morgan fingerprint density at radius 1 is 1.20 bits per heavy atom. The van der Waals surface area contributed by atoms with E-state index in [0.717, 1.165) is 24.2 Å². The SMILES string of the molecule is O=C1CC[C@](CCC(=O)N2CCC[C@@H]2c2nc3ccc(F)cc3[nH]2)(Cc2ccc3c(c2)OCO3)N1. The highest BCUT2D eigenvalue weighted by molar-refractivity contribution is 5.81. The third kappa shape index (κ3) is 4.19. The number of likely N-dealkylation sites (tertiary alicyclic amines) is 1. The van der Waals surface area contributed by atoms with Crippen molar-refractivity contribution in [3.05, 3.63) is 53.6 Å². The first-order valence-electron chi connectivity index (χ1n) is 12.1. The van der Waals surface area contributed by atoms with E-state index in [1.807, 2.05) is 23.1 Å². The van der Waals surface area contributed by atoms with Gasteiger partial charge in [0, 0.05) is 24.9 Å². The third-order valence-electron chi connectivity index (χ3n) is 7.38. The molecule has 0 saturated carbocycles. The zero-order chi connectivity index (χ0) is 24.0. The standard InChI is InChI=1S/C26H27FN4O4/c27-17-4-5-18-19(13-17)29-25(28-18)20-2-1-11-31(20)24(33)8-10-26(9-7-23(32)30-26)14-16-3-6-21-22(12-16)35-15-34-21/h3-6,12-13,20H,1-2,7-11,14-15H2,(H,28,29)(H,30,32)/t20-,26+/m1/s1. The van der Waals surface area contributed by atoms with Crippen molar-refractivity contribution in [1.82, 2.24) is 20.2 Å². The Balaban J connectivity index is 1.17. The molecule has 6 rings (SSSR count). The summed E-state index contributed by atoms with van der Waals surface area (Å²) < 4.78 is 24.5. The molecule has 2 amide bonds. The number of hydrogen-bond donors (Lipinski definition) is 2. The normalized spacial score (nSPS) is 23.3. The number of carbonyl (C=O) groups excluding carboxylic acids is 2. The van der Waals surface area contributed by atoms with Crippen LogP contribution in [0.5, 0.6) is 11.5 Å². The summed E-state index contributed by atoms with van der Waals surface area (Å²) in [5.41, 5.74) is 1.90. The molecule has 2 saturated heterocycles. The summed E-state index contributed by atoms with van der Waals surface area (Å²) in [6, 6.07) is 10.1. The number of nitrogens with zero attached hydrogens (tertiary/aromatic N) is 2. The second kappa shape index (κ2) is 8.55. The third-order valence-corrected chi connectivity index (χ3v) is 7.38. The van der Waals surface area contributed by atoms with Crippen LogP contribution in [0.4, 0.5) is 4.39 Å². The van der Waals surface area contributed by atoms with Gasteiger partial charge in [-0.3, -0.25) is 9.59 Å². The van der Waals surface area contributed by atoms with Crippen LogP contribution in [-0.4, -0.2) is 45.6 Å². The van der Waals surface area contributed by atoms with Gasteiger partial charge in [-0.15, -0.1) is 0 Å². The van der Waals surface area contributed by atoms with Crippen molar-refractivity contribution in [1.29, 1.82) is 0 Å². The molecule has 8 nitrogen and oxygen atoms in total. The number of ether oxygens (including phenoxy) is 2. The van der Waals surface area contributed by atoms with Crippen LogP contribution in [0, 0.1) is 5.82 Å². The Morgan fingerprint density at radius 2 is 2.09 bits per heavy atom. The van der Waals surface area contributed by atoms with Crippen molar-refractivity contribution in [2.75, 3.05) is 13.3 Å². The summed E-state index contributed by atoms with van der Waals surface area (Å²) in [7, 11) is 0. The van der Waals surface area contributed by atoms with Crippen LogP contribution in [0.1, 0.15) is 56.0 Å². The molecule has 1 aromatic heterocycles. The van der Waals surface area contributed by atoms with Gasteiger partial charge in [-0.1, -0.05) is 6.07 Å². The maximum atomic E-state index is 13.6. The van der Waals surface area contributed by atoms with Crippen molar-refractivity contribution in [2.24, 2.45) is 0 Å². The van der Waals surface area contributed by atoms with Crippen molar-refractivity contribution < 1.29 is 23.5 Å². The van der Waals surface area contributed by atoms with E-state index in [1.54, 1.807) is 6.07 Å². The molecule has 2 atom stereocenters. The summed E-state index contributed by atoms with van der Waals surface area (Å²) in [6.07, 6.45) is 4.36. The van der Waals surface area contributed by atoms with E-state index >= 15 is 0 Å². The van der Waals surface area contributed by atoms with Gasteiger partial charge in [-0.2, -0.15) is 0 Å². The highest BCUT2D eigenvalue weighted by atomic mass is 19.1. The fourth-order valence-corrected chi connectivity index (χ4v) is 5.62. The Hall–Kier alpha value is -3.62. The van der Waals surface area contributed by atoms with E-state index in [1.165, 1.54) is 12.1 Å². The maximum Gasteiger partial charge on any atom is 0.231 e. The van der Waals surface area contributed by atoms with E-state index < -0.39 is 5.54 Å². The molecule has 35 heavy (non-hydrogen) atoms. The molecule has 0 radical (unpaired) electrons. The molecule has 9 heteroatoms. The van der Waals surface area contributed by atoms with Crippen molar-refractivity contribution in [2.45, 2.75) is 56.5 Å². The minimum atomic E-state index is -0.466. The molecule has 182 valence electrons. The zero-order valence-corrected chi connectivity index (χ0v) is 19.3. The number of hydrogen-bond acceptors (Lipinski definition) is 5. The number of aromatic amines is 1. The second-order valence-corrected chi connectivity index (χ2v) is 9.72. The van der Waals surface area contributed by atoms with Gasteiger partial charge in [0.25, 0.3) is 0 Å². The van der Waals surface area contributed by atoms with Crippen molar-refractivity contribution in [3.63, 3.8) is 0 Å². The number of benzene rings is 2. The fraction of sp³-hybridized carbons (Fsp3) is 0.423. The van der Waals surface area contributed by atoms with Crippen molar-refractivity contribution in [3.8, 4) is 11.5 Å². The van der Waals surface area contributed by atoms with Gasteiger partial charge in [0.15, 0.2) is 11.5 Å². The van der Waals surface area contributed by atoms with Crippen LogP contribution >= 0.6 is 0 Å². The quantitative estimate of drug-likeness (QED) is 0.562. The monoisotopic (exact) mass is 478 g/mol. The highest BCUT2D eigenvalue weighted by Gasteiger charge is 2.40. The van der Waals surface area contributed by atoms with Crippen LogP contribution < -0.4 is 14.8 Å². The largest absolute Gasteiger partial charge is 0.454 e. The van der Waals surface area contributed by atoms with E-state index in [-0.39, 0.29) is 30.5 Å². The van der Waals surface area contributed by atoms with Crippen LogP contribution in [0.25, 0.3) is 11.0 Å². The molecule has 3 aliphatic heterocycles. The second-order valence-electron chi connectivity index (χ2n) is 9.72. The summed E-state index contributed by atoms with van der Waals surface area (Å²) in [5.74, 6) is 1.88. The summed E-state index contributed by atoms with van der Waals surface area (Å²) in [5, 5.41) is 3.16. The van der Waals surface area contributed by atoms with Gasteiger partial charge in [-0.05, 0) is 68.0 Å². The van der Waals surface area contributed by atoms with Crippen LogP contribution in [0.2, 0.25) is 0 Å². The Labute approximate surface area is 201 Å². The number of H-pyrrole nitrogens is 1. The summed E-state index contributed by atoms with van der Waals surface area (Å²) in [4.78, 5) is 35.2. The lowest BCUT2D eigenvalue weighted by Gasteiger charge is -2.31. The highest BCUT2D eigenvalue weighted by Crippen LogP contribution is 2.37. The van der Waals surface area contributed by atoms with E-state index in [0.29, 0.717) is 61.3 Å². The smallest absolute Gasteiger partial charge is 0.231 e. The molecule has 2 fully saturated rings. The number of imidazole rings is 1. The molecule has 2 N–H and O–H groups in total. The van der Waals surface area contributed by atoms with Crippen molar-refractivity contribution >= 4 is 22.8 Å². The number of nitrogens with one attached hydrogen (secondary N) is 2. The molecule has 3 aromatic rings. The minimum absolute atomic E-state index is 0.0201. The first-order chi connectivity index (χ1) is 17.0. The first kappa shape index (κ1) is 21.9. The molecular weight excluding hydrogens is 451 g/mol. The fourth-order valence-electron chi connectivity index (χ4n) is 5.62. The topological polar surface area (TPSA) is 96.6 Å². The molecule has 0 unspecified atom stereocenters. The maximum absolute atomic E-state index is 13.6. The minimum Gasteiger partial charge on any atom is -0.454 e. The number of amides is 2. The number of carbonyl (C=O) groups is 2. The molecule has 3 aliphatic rings. The van der Waals surface area contributed by atoms with Gasteiger partial charge in [-0.25, -0.2) is 9.37 Å². The summed E-state index contributed by atoms with van der Waals surface area (Å²) in [6.45, 7) is 0.878. The van der Waals surface area contributed by atoms with Gasteiger partial charge in [0.05, 0.1) is 17.1 Å².